The number of hydrogen-bond acceptors (Lipinski definition) is 2. The Morgan fingerprint density at radius 2 is 1.74 bits per heavy atom. The Labute approximate surface area is 141 Å². The van der Waals surface area contributed by atoms with Crippen LogP contribution in [0.3, 0.4) is 0 Å². The maximum atomic E-state index is 12.7. The number of nitrogens with zero attached hydrogens (tertiary/aromatic N) is 1. The van der Waals surface area contributed by atoms with Crippen LogP contribution in [0.1, 0.15) is 25.0 Å². The van der Waals surface area contributed by atoms with Crippen LogP contribution in [0.15, 0.2) is 60.4 Å². The Morgan fingerprint density at radius 1 is 1.09 bits per heavy atom. The van der Waals surface area contributed by atoms with Crippen molar-refractivity contribution in [3.05, 3.63) is 76.5 Å². The standard InChI is InChI=1S/C19H18ClNO2/c1-19(2)17(12-14-8-4-3-5-9-14)23-21(18(19)22)13-15-10-6-7-11-16(15)20/h3-12H,13H2,1-2H3/b17-12+. The third kappa shape index (κ3) is 3.10. The highest BCUT2D eigenvalue weighted by Gasteiger charge is 2.46. The van der Waals surface area contributed by atoms with Gasteiger partial charge < -0.3 is 4.84 Å². The van der Waals surface area contributed by atoms with Gasteiger partial charge in [-0.05, 0) is 37.1 Å². The fraction of sp³-hybridized carbons (Fsp3) is 0.211. The van der Waals surface area contributed by atoms with Gasteiger partial charge in [-0.3, -0.25) is 4.79 Å². The first-order valence-electron chi connectivity index (χ1n) is 7.49. The Balaban J connectivity index is 1.87. The number of hydrogen-bond donors (Lipinski definition) is 0. The SMILES string of the molecule is CC1(C)C(=O)N(Cc2ccccc2Cl)O/C1=C/c1ccccc1. The lowest BCUT2D eigenvalue weighted by atomic mass is 9.89. The van der Waals surface area contributed by atoms with Crippen LogP contribution in [0.4, 0.5) is 0 Å². The van der Waals surface area contributed by atoms with E-state index in [-0.39, 0.29) is 5.91 Å². The fourth-order valence-corrected chi connectivity index (χ4v) is 2.68. The van der Waals surface area contributed by atoms with Crippen molar-refractivity contribution >= 4 is 23.6 Å². The zero-order valence-corrected chi connectivity index (χ0v) is 13.9. The minimum absolute atomic E-state index is 0.0698. The minimum Gasteiger partial charge on any atom is -0.380 e. The van der Waals surface area contributed by atoms with Gasteiger partial charge >= 0.3 is 0 Å². The van der Waals surface area contributed by atoms with Crippen molar-refractivity contribution < 1.29 is 9.63 Å². The Hall–Kier alpha value is -2.26. The molecule has 2 aromatic carbocycles. The Bertz CT molecular complexity index is 753. The molecule has 0 unspecified atom stereocenters. The summed E-state index contributed by atoms with van der Waals surface area (Å²) in [7, 11) is 0. The zero-order valence-electron chi connectivity index (χ0n) is 13.1. The van der Waals surface area contributed by atoms with Crippen LogP contribution in [0, 0.1) is 5.41 Å². The molecule has 23 heavy (non-hydrogen) atoms. The van der Waals surface area contributed by atoms with E-state index < -0.39 is 5.41 Å². The van der Waals surface area contributed by atoms with Gasteiger partial charge in [0.15, 0.2) is 0 Å². The third-order valence-corrected chi connectivity index (χ3v) is 4.32. The summed E-state index contributed by atoms with van der Waals surface area (Å²) in [6.07, 6.45) is 1.91. The number of carbonyl (C=O) groups excluding carboxylic acids is 1. The van der Waals surface area contributed by atoms with Crippen molar-refractivity contribution in [2.45, 2.75) is 20.4 Å². The molecule has 2 aromatic rings. The van der Waals surface area contributed by atoms with E-state index in [0.717, 1.165) is 11.1 Å². The molecule has 1 heterocycles. The van der Waals surface area contributed by atoms with Gasteiger partial charge in [0.1, 0.15) is 11.2 Å². The van der Waals surface area contributed by atoms with Crippen LogP contribution >= 0.6 is 11.6 Å². The molecule has 118 valence electrons. The summed E-state index contributed by atoms with van der Waals surface area (Å²) in [6, 6.07) is 17.3. The van der Waals surface area contributed by atoms with E-state index in [9.17, 15) is 4.79 Å². The second-order valence-corrected chi connectivity index (χ2v) is 6.48. The van der Waals surface area contributed by atoms with Crippen molar-refractivity contribution in [1.29, 1.82) is 0 Å². The summed E-state index contributed by atoms with van der Waals surface area (Å²) in [6.45, 7) is 4.07. The molecule has 0 N–H and O–H groups in total. The average molecular weight is 328 g/mol. The maximum Gasteiger partial charge on any atom is 0.268 e. The van der Waals surface area contributed by atoms with E-state index in [2.05, 4.69) is 0 Å². The fourth-order valence-electron chi connectivity index (χ4n) is 2.48. The summed E-state index contributed by atoms with van der Waals surface area (Å²) in [4.78, 5) is 18.5. The van der Waals surface area contributed by atoms with Crippen molar-refractivity contribution in [1.82, 2.24) is 5.06 Å². The summed E-state index contributed by atoms with van der Waals surface area (Å²) in [5.41, 5.74) is 1.17. The molecule has 1 amide bonds. The monoisotopic (exact) mass is 327 g/mol. The first-order chi connectivity index (χ1) is 11.0. The zero-order chi connectivity index (χ0) is 16.4. The van der Waals surface area contributed by atoms with E-state index in [0.29, 0.717) is 17.3 Å². The van der Waals surface area contributed by atoms with Crippen LogP contribution in [0.2, 0.25) is 5.02 Å². The van der Waals surface area contributed by atoms with Gasteiger partial charge in [0.05, 0.1) is 6.54 Å². The number of amides is 1. The van der Waals surface area contributed by atoms with E-state index in [1.807, 2.05) is 74.5 Å². The normalized spacial score (nSPS) is 18.3. The highest BCUT2D eigenvalue weighted by Crippen LogP contribution is 2.39. The van der Waals surface area contributed by atoms with Gasteiger partial charge in [-0.15, -0.1) is 0 Å². The lowest BCUT2D eigenvalue weighted by Gasteiger charge is -2.15. The molecule has 1 fully saturated rings. The van der Waals surface area contributed by atoms with Crippen LogP contribution in [0.5, 0.6) is 0 Å². The molecule has 0 atom stereocenters. The molecule has 0 aromatic heterocycles. The van der Waals surface area contributed by atoms with E-state index in [1.165, 1.54) is 5.06 Å². The molecule has 3 nitrogen and oxygen atoms in total. The number of hydroxylamine groups is 2. The number of rotatable bonds is 3. The molecule has 1 saturated heterocycles. The van der Waals surface area contributed by atoms with Crippen molar-refractivity contribution in [2.75, 3.05) is 0 Å². The number of carbonyl (C=O) groups is 1. The van der Waals surface area contributed by atoms with Gasteiger partial charge in [0, 0.05) is 5.02 Å². The molecule has 0 bridgehead atoms. The lowest BCUT2D eigenvalue weighted by molar-refractivity contribution is -0.159. The van der Waals surface area contributed by atoms with E-state index >= 15 is 0 Å². The maximum absolute atomic E-state index is 12.7. The number of halogens is 1. The molecule has 3 rings (SSSR count). The molecular weight excluding hydrogens is 310 g/mol. The molecule has 0 aliphatic carbocycles. The Kier molecular flexibility index (Phi) is 4.14. The van der Waals surface area contributed by atoms with Crippen molar-refractivity contribution in [3.63, 3.8) is 0 Å². The third-order valence-electron chi connectivity index (χ3n) is 3.95. The smallest absolute Gasteiger partial charge is 0.268 e. The molecule has 1 aliphatic rings. The van der Waals surface area contributed by atoms with Crippen molar-refractivity contribution in [3.8, 4) is 0 Å². The summed E-state index contributed by atoms with van der Waals surface area (Å²) < 4.78 is 0. The second kappa shape index (κ2) is 6.09. The predicted molar refractivity (Wildman–Crippen MR) is 91.3 cm³/mol. The highest BCUT2D eigenvalue weighted by molar-refractivity contribution is 6.31. The van der Waals surface area contributed by atoms with Crippen LogP contribution in [0.25, 0.3) is 6.08 Å². The Morgan fingerprint density at radius 3 is 2.43 bits per heavy atom. The summed E-state index contributed by atoms with van der Waals surface area (Å²) in [5.74, 6) is 0.570. The topological polar surface area (TPSA) is 29.5 Å². The van der Waals surface area contributed by atoms with Crippen LogP contribution in [-0.2, 0) is 16.2 Å². The highest BCUT2D eigenvalue weighted by atomic mass is 35.5. The van der Waals surface area contributed by atoms with Gasteiger partial charge in [-0.1, -0.05) is 60.1 Å². The molecule has 1 aliphatic heterocycles. The number of benzene rings is 2. The molecule has 0 radical (unpaired) electrons. The van der Waals surface area contributed by atoms with E-state index in [1.54, 1.807) is 0 Å². The van der Waals surface area contributed by atoms with Gasteiger partial charge in [-0.25, -0.2) is 0 Å². The lowest BCUT2D eigenvalue weighted by Crippen LogP contribution is -2.30. The minimum atomic E-state index is -0.697. The van der Waals surface area contributed by atoms with Crippen LogP contribution in [-0.4, -0.2) is 11.0 Å². The van der Waals surface area contributed by atoms with Gasteiger partial charge in [0.2, 0.25) is 0 Å². The van der Waals surface area contributed by atoms with Gasteiger partial charge in [0.25, 0.3) is 5.91 Å². The van der Waals surface area contributed by atoms with Gasteiger partial charge in [-0.2, -0.15) is 5.06 Å². The largest absolute Gasteiger partial charge is 0.380 e. The average Bonchev–Trinajstić information content (AvgIpc) is 2.74. The quantitative estimate of drug-likeness (QED) is 0.819. The first kappa shape index (κ1) is 15.6. The molecule has 4 heteroatoms. The summed E-state index contributed by atoms with van der Waals surface area (Å²) in [5, 5.41) is 2.01. The summed E-state index contributed by atoms with van der Waals surface area (Å²) >= 11 is 6.18. The van der Waals surface area contributed by atoms with Crippen molar-refractivity contribution in [2.24, 2.45) is 5.41 Å². The van der Waals surface area contributed by atoms with Crippen LogP contribution < -0.4 is 0 Å². The molecule has 0 spiro atoms. The van der Waals surface area contributed by atoms with E-state index in [4.69, 9.17) is 16.4 Å². The predicted octanol–water partition coefficient (Wildman–Crippen LogP) is 4.68. The first-order valence-corrected chi connectivity index (χ1v) is 7.87. The molecular formula is C19H18ClNO2. The molecule has 0 saturated carbocycles. The second-order valence-electron chi connectivity index (χ2n) is 6.07.